The van der Waals surface area contributed by atoms with E-state index in [1.54, 1.807) is 18.5 Å². The zero-order chi connectivity index (χ0) is 15.6. The number of aromatic nitrogens is 2. The SMILES string of the molecule is O=C(N1CCCC1)N1C[C@H]2[C@H](CNc3ncccn3)CO[C@H]2C1. The van der Waals surface area contributed by atoms with Crippen LogP contribution in [0.3, 0.4) is 0 Å². The molecule has 3 atom stereocenters. The van der Waals surface area contributed by atoms with Crippen molar-refractivity contribution in [3.63, 3.8) is 0 Å². The second-order valence-electron chi connectivity index (χ2n) is 6.63. The first kappa shape index (κ1) is 14.7. The summed E-state index contributed by atoms with van der Waals surface area (Å²) in [4.78, 5) is 24.9. The number of likely N-dealkylation sites (tertiary alicyclic amines) is 2. The van der Waals surface area contributed by atoms with E-state index in [9.17, 15) is 4.79 Å². The van der Waals surface area contributed by atoms with E-state index in [0.29, 0.717) is 17.8 Å². The molecule has 0 bridgehead atoms. The fourth-order valence-corrected chi connectivity index (χ4v) is 3.89. The van der Waals surface area contributed by atoms with E-state index >= 15 is 0 Å². The summed E-state index contributed by atoms with van der Waals surface area (Å²) >= 11 is 0. The van der Waals surface area contributed by atoms with Gasteiger partial charge in [-0.25, -0.2) is 14.8 Å². The van der Waals surface area contributed by atoms with Gasteiger partial charge in [0.15, 0.2) is 0 Å². The predicted molar refractivity (Wildman–Crippen MR) is 85.0 cm³/mol. The Balaban J connectivity index is 1.33. The Kier molecular flexibility index (Phi) is 4.03. The molecule has 3 aliphatic rings. The Bertz CT molecular complexity index is 549. The van der Waals surface area contributed by atoms with Crippen molar-refractivity contribution in [2.24, 2.45) is 11.8 Å². The molecular formula is C16H23N5O2. The van der Waals surface area contributed by atoms with Crippen LogP contribution in [-0.2, 0) is 4.74 Å². The highest BCUT2D eigenvalue weighted by atomic mass is 16.5. The fraction of sp³-hybridized carbons (Fsp3) is 0.688. The summed E-state index contributed by atoms with van der Waals surface area (Å²) in [5, 5.41) is 3.28. The summed E-state index contributed by atoms with van der Waals surface area (Å²) in [6.07, 6.45) is 5.91. The van der Waals surface area contributed by atoms with Crippen molar-refractivity contribution < 1.29 is 9.53 Å². The van der Waals surface area contributed by atoms with Crippen molar-refractivity contribution in [1.29, 1.82) is 0 Å². The van der Waals surface area contributed by atoms with Crippen molar-refractivity contribution in [1.82, 2.24) is 19.8 Å². The molecule has 4 rings (SSSR count). The molecule has 1 aromatic rings. The van der Waals surface area contributed by atoms with Gasteiger partial charge in [0.2, 0.25) is 5.95 Å². The normalized spacial score (nSPS) is 29.8. The van der Waals surface area contributed by atoms with Gasteiger partial charge in [-0.2, -0.15) is 0 Å². The van der Waals surface area contributed by atoms with Crippen LogP contribution in [0.1, 0.15) is 12.8 Å². The number of rotatable bonds is 3. The van der Waals surface area contributed by atoms with Gasteiger partial charge in [0.05, 0.1) is 12.7 Å². The van der Waals surface area contributed by atoms with E-state index in [0.717, 1.165) is 52.2 Å². The standard InChI is InChI=1S/C16H23N5O2/c22-16(20-6-1-2-7-20)21-9-13-12(11-23-14(13)10-21)8-19-15-17-4-3-5-18-15/h3-5,12-14H,1-2,6-11H2,(H,17,18,19)/t12-,13+,14+/m1/s1. The van der Waals surface area contributed by atoms with Gasteiger partial charge in [-0.3, -0.25) is 0 Å². The number of carbonyl (C=O) groups excluding carboxylic acids is 1. The summed E-state index contributed by atoms with van der Waals surface area (Å²) in [5.41, 5.74) is 0. The maximum Gasteiger partial charge on any atom is 0.320 e. The average Bonchev–Trinajstić information content (AvgIpc) is 3.30. The van der Waals surface area contributed by atoms with Gasteiger partial charge in [-0.1, -0.05) is 0 Å². The number of hydrogen-bond acceptors (Lipinski definition) is 5. The number of anilines is 1. The minimum absolute atomic E-state index is 0.185. The maximum absolute atomic E-state index is 12.5. The summed E-state index contributed by atoms with van der Waals surface area (Å²) < 4.78 is 5.93. The molecular weight excluding hydrogens is 294 g/mol. The van der Waals surface area contributed by atoms with E-state index in [2.05, 4.69) is 15.3 Å². The van der Waals surface area contributed by atoms with Crippen molar-refractivity contribution in [3.05, 3.63) is 18.5 Å². The lowest BCUT2D eigenvalue weighted by atomic mass is 9.93. The summed E-state index contributed by atoms with van der Waals surface area (Å²) in [5.74, 6) is 1.47. The topological polar surface area (TPSA) is 70.6 Å². The number of nitrogens with zero attached hydrogens (tertiary/aromatic N) is 4. The number of hydrogen-bond donors (Lipinski definition) is 1. The first-order chi connectivity index (χ1) is 11.3. The highest BCUT2D eigenvalue weighted by Crippen LogP contribution is 2.34. The highest BCUT2D eigenvalue weighted by molar-refractivity contribution is 5.75. The lowest BCUT2D eigenvalue weighted by molar-refractivity contribution is 0.0950. The minimum Gasteiger partial charge on any atom is -0.376 e. The van der Waals surface area contributed by atoms with Crippen molar-refractivity contribution >= 4 is 12.0 Å². The van der Waals surface area contributed by atoms with Crippen LogP contribution in [0.2, 0.25) is 0 Å². The molecule has 0 aromatic carbocycles. The quantitative estimate of drug-likeness (QED) is 0.902. The third kappa shape index (κ3) is 2.97. The van der Waals surface area contributed by atoms with E-state index in [-0.39, 0.29) is 12.1 Å². The number of carbonyl (C=O) groups is 1. The minimum atomic E-state index is 0.185. The van der Waals surface area contributed by atoms with Crippen molar-refractivity contribution in [3.8, 4) is 0 Å². The van der Waals surface area contributed by atoms with E-state index in [4.69, 9.17) is 4.74 Å². The Hall–Kier alpha value is -1.89. The molecule has 0 aliphatic carbocycles. The van der Waals surface area contributed by atoms with Gasteiger partial charge < -0.3 is 19.9 Å². The monoisotopic (exact) mass is 317 g/mol. The van der Waals surface area contributed by atoms with Gasteiger partial charge >= 0.3 is 6.03 Å². The number of nitrogens with one attached hydrogen (secondary N) is 1. The lowest BCUT2D eigenvalue weighted by Gasteiger charge is -2.25. The van der Waals surface area contributed by atoms with Crippen LogP contribution in [0.4, 0.5) is 10.7 Å². The summed E-state index contributed by atoms with van der Waals surface area (Å²) in [6, 6.07) is 2.00. The molecule has 0 saturated carbocycles. The zero-order valence-corrected chi connectivity index (χ0v) is 13.2. The number of ether oxygens (including phenoxy) is 1. The van der Waals surface area contributed by atoms with Crippen molar-refractivity contribution in [2.45, 2.75) is 18.9 Å². The van der Waals surface area contributed by atoms with Gasteiger partial charge in [0.25, 0.3) is 0 Å². The molecule has 7 heteroatoms. The number of urea groups is 1. The molecule has 3 fully saturated rings. The highest BCUT2D eigenvalue weighted by Gasteiger charge is 2.45. The Labute approximate surface area is 136 Å². The largest absolute Gasteiger partial charge is 0.376 e. The first-order valence-electron chi connectivity index (χ1n) is 8.47. The Morgan fingerprint density at radius 2 is 2.00 bits per heavy atom. The maximum atomic E-state index is 12.5. The fourth-order valence-electron chi connectivity index (χ4n) is 3.89. The van der Waals surface area contributed by atoms with Gasteiger partial charge in [-0.05, 0) is 18.9 Å². The van der Waals surface area contributed by atoms with Gasteiger partial charge in [0, 0.05) is 57.0 Å². The van der Waals surface area contributed by atoms with Crippen LogP contribution >= 0.6 is 0 Å². The molecule has 1 N–H and O–H groups in total. The molecule has 7 nitrogen and oxygen atoms in total. The van der Waals surface area contributed by atoms with Gasteiger partial charge in [-0.15, -0.1) is 0 Å². The molecule has 3 aliphatic heterocycles. The molecule has 1 aromatic heterocycles. The molecule has 0 unspecified atom stereocenters. The lowest BCUT2D eigenvalue weighted by Crippen LogP contribution is -2.41. The molecule has 4 heterocycles. The predicted octanol–water partition coefficient (Wildman–Crippen LogP) is 1.05. The molecule has 124 valence electrons. The Morgan fingerprint density at radius 1 is 1.22 bits per heavy atom. The smallest absolute Gasteiger partial charge is 0.320 e. The van der Waals surface area contributed by atoms with E-state index in [1.807, 2.05) is 9.80 Å². The van der Waals surface area contributed by atoms with E-state index in [1.165, 1.54) is 0 Å². The molecule has 2 amide bonds. The van der Waals surface area contributed by atoms with Crippen LogP contribution in [0, 0.1) is 11.8 Å². The van der Waals surface area contributed by atoms with Crippen LogP contribution in [-0.4, -0.2) is 71.2 Å². The average molecular weight is 317 g/mol. The first-order valence-corrected chi connectivity index (χ1v) is 8.47. The summed E-state index contributed by atoms with van der Waals surface area (Å²) in [7, 11) is 0. The second kappa shape index (κ2) is 6.31. The van der Waals surface area contributed by atoms with Crippen molar-refractivity contribution in [2.75, 3.05) is 44.6 Å². The van der Waals surface area contributed by atoms with Crippen LogP contribution in [0.25, 0.3) is 0 Å². The second-order valence-corrected chi connectivity index (χ2v) is 6.63. The molecule has 23 heavy (non-hydrogen) atoms. The van der Waals surface area contributed by atoms with E-state index < -0.39 is 0 Å². The number of amides is 2. The molecule has 0 spiro atoms. The number of fused-ring (bicyclic) bond motifs is 1. The third-order valence-corrected chi connectivity index (χ3v) is 5.17. The van der Waals surface area contributed by atoms with Crippen LogP contribution in [0.15, 0.2) is 18.5 Å². The van der Waals surface area contributed by atoms with Crippen LogP contribution in [0.5, 0.6) is 0 Å². The zero-order valence-electron chi connectivity index (χ0n) is 13.2. The van der Waals surface area contributed by atoms with Gasteiger partial charge in [0.1, 0.15) is 0 Å². The molecule has 0 radical (unpaired) electrons. The summed E-state index contributed by atoms with van der Waals surface area (Å²) in [6.45, 7) is 4.89. The third-order valence-electron chi connectivity index (χ3n) is 5.17. The Morgan fingerprint density at radius 3 is 2.78 bits per heavy atom. The molecule has 3 saturated heterocycles. The van der Waals surface area contributed by atoms with Crippen LogP contribution < -0.4 is 5.32 Å².